The third-order valence-corrected chi connectivity index (χ3v) is 5.35. The minimum Gasteiger partial charge on any atom is -0.356 e. The Bertz CT molecular complexity index is 879. The van der Waals surface area contributed by atoms with Crippen LogP contribution in [0.15, 0.2) is 29.3 Å². The molecule has 0 aliphatic rings. The lowest BCUT2D eigenvalue weighted by Crippen LogP contribution is -2.38. The largest absolute Gasteiger partial charge is 0.356 e. The monoisotopic (exact) mass is 484 g/mol. The first-order valence-electron chi connectivity index (χ1n) is 8.36. The van der Waals surface area contributed by atoms with E-state index in [-0.39, 0.29) is 24.0 Å². The number of halogens is 1. The molecule has 1 aromatic carbocycles. The van der Waals surface area contributed by atoms with E-state index in [9.17, 15) is 0 Å². The summed E-state index contributed by atoms with van der Waals surface area (Å²) in [6.45, 7) is 5.59. The van der Waals surface area contributed by atoms with Crippen molar-refractivity contribution in [2.24, 2.45) is 12.0 Å². The molecule has 0 aliphatic carbocycles. The van der Waals surface area contributed by atoms with Gasteiger partial charge in [0.05, 0.1) is 28.3 Å². The highest BCUT2D eigenvalue weighted by Crippen LogP contribution is 2.16. The average Bonchev–Trinajstić information content (AvgIpc) is 3.10. The van der Waals surface area contributed by atoms with Crippen molar-refractivity contribution in [2.45, 2.75) is 26.8 Å². The summed E-state index contributed by atoms with van der Waals surface area (Å²) in [6, 6.07) is 8.15. The Balaban J connectivity index is 0.00000243. The Morgan fingerprint density at radius 1 is 1.19 bits per heavy atom. The maximum absolute atomic E-state index is 4.67. The number of hydrogen-bond acceptors (Lipinski definition) is 4. The number of para-hydroxylation sites is 2. The second kappa shape index (κ2) is 9.31. The molecule has 3 rings (SSSR count). The van der Waals surface area contributed by atoms with E-state index in [0.717, 1.165) is 46.5 Å². The number of rotatable bonds is 5. The van der Waals surface area contributed by atoms with Crippen molar-refractivity contribution in [1.82, 2.24) is 25.2 Å². The molecule has 140 valence electrons. The van der Waals surface area contributed by atoms with E-state index < -0.39 is 0 Å². The third kappa shape index (κ3) is 4.73. The molecule has 0 spiro atoms. The van der Waals surface area contributed by atoms with Crippen LogP contribution in [0.3, 0.4) is 0 Å². The van der Waals surface area contributed by atoms with E-state index in [1.54, 1.807) is 18.4 Å². The summed E-state index contributed by atoms with van der Waals surface area (Å²) in [5.41, 5.74) is 3.28. The van der Waals surface area contributed by atoms with Crippen LogP contribution in [0.4, 0.5) is 0 Å². The lowest BCUT2D eigenvalue weighted by molar-refractivity contribution is 0.733. The smallest absolute Gasteiger partial charge is 0.191 e. The zero-order valence-electron chi connectivity index (χ0n) is 15.5. The van der Waals surface area contributed by atoms with Gasteiger partial charge >= 0.3 is 0 Å². The van der Waals surface area contributed by atoms with Gasteiger partial charge in [0, 0.05) is 31.9 Å². The number of hydrogen-bond donors (Lipinski definition) is 2. The first-order valence-corrected chi connectivity index (χ1v) is 9.18. The van der Waals surface area contributed by atoms with Gasteiger partial charge in [0.1, 0.15) is 5.82 Å². The first kappa shape index (κ1) is 20.6. The van der Waals surface area contributed by atoms with Gasteiger partial charge in [0.15, 0.2) is 5.96 Å². The fourth-order valence-electron chi connectivity index (χ4n) is 2.67. The summed E-state index contributed by atoms with van der Waals surface area (Å²) < 4.78 is 2.11. The zero-order valence-corrected chi connectivity index (χ0v) is 18.7. The molecule has 6 nitrogen and oxygen atoms in total. The molecule has 0 aliphatic heterocycles. The van der Waals surface area contributed by atoms with Crippen LogP contribution in [-0.4, -0.2) is 34.1 Å². The summed E-state index contributed by atoms with van der Waals surface area (Å²) in [4.78, 5) is 14.8. The van der Waals surface area contributed by atoms with Crippen molar-refractivity contribution in [1.29, 1.82) is 0 Å². The third-order valence-electron chi connectivity index (χ3n) is 4.22. The predicted molar refractivity (Wildman–Crippen MR) is 120 cm³/mol. The molecule has 26 heavy (non-hydrogen) atoms. The lowest BCUT2D eigenvalue weighted by atomic mass is 10.3. The molecule has 8 heteroatoms. The highest BCUT2D eigenvalue weighted by Gasteiger charge is 2.08. The van der Waals surface area contributed by atoms with Crippen molar-refractivity contribution in [3.05, 3.63) is 45.7 Å². The molecule has 2 heterocycles. The van der Waals surface area contributed by atoms with Gasteiger partial charge in [0.2, 0.25) is 0 Å². The second-order valence-electron chi connectivity index (χ2n) is 5.93. The van der Waals surface area contributed by atoms with Gasteiger partial charge < -0.3 is 15.2 Å². The maximum Gasteiger partial charge on any atom is 0.191 e. The van der Waals surface area contributed by atoms with E-state index in [0.29, 0.717) is 6.54 Å². The van der Waals surface area contributed by atoms with Crippen molar-refractivity contribution in [2.75, 3.05) is 13.6 Å². The number of aryl methyl sites for hydroxylation is 3. The second-order valence-corrected chi connectivity index (χ2v) is 7.22. The number of aromatic nitrogens is 3. The minimum atomic E-state index is 0. The minimum absolute atomic E-state index is 0. The van der Waals surface area contributed by atoms with Gasteiger partial charge in [-0.15, -0.1) is 35.3 Å². The highest BCUT2D eigenvalue weighted by atomic mass is 127. The Morgan fingerprint density at radius 2 is 1.96 bits per heavy atom. The standard InChI is InChI=1S/C18H24N6S.HI/c1-12-13(2)25-17(22-12)9-10-20-18(19-3)21-11-16-23-14-7-5-6-8-15(14)24(16)4;/h5-8H,9-11H2,1-4H3,(H2,19,20,21);1H. The first-order chi connectivity index (χ1) is 12.1. The van der Waals surface area contributed by atoms with E-state index in [1.807, 2.05) is 25.2 Å². The Kier molecular flexibility index (Phi) is 7.39. The van der Waals surface area contributed by atoms with Crippen LogP contribution in [0.5, 0.6) is 0 Å². The lowest BCUT2D eigenvalue weighted by Gasteiger charge is -2.11. The predicted octanol–water partition coefficient (Wildman–Crippen LogP) is 3.17. The Hall–Kier alpha value is -1.68. The number of imidazole rings is 1. The van der Waals surface area contributed by atoms with Crippen LogP contribution in [0, 0.1) is 13.8 Å². The van der Waals surface area contributed by atoms with E-state index in [1.165, 1.54) is 4.88 Å². The topological polar surface area (TPSA) is 67.1 Å². The number of fused-ring (bicyclic) bond motifs is 1. The van der Waals surface area contributed by atoms with Gasteiger partial charge in [0.25, 0.3) is 0 Å². The summed E-state index contributed by atoms with van der Waals surface area (Å²) in [5, 5.41) is 7.83. The number of guanidine groups is 1. The Labute approximate surface area is 175 Å². The molecule has 0 saturated carbocycles. The van der Waals surface area contributed by atoms with Gasteiger partial charge in [-0.05, 0) is 26.0 Å². The van der Waals surface area contributed by atoms with Crippen molar-refractivity contribution >= 4 is 52.3 Å². The number of thiazole rings is 1. The van der Waals surface area contributed by atoms with E-state index in [4.69, 9.17) is 0 Å². The van der Waals surface area contributed by atoms with Crippen LogP contribution in [0.25, 0.3) is 11.0 Å². The van der Waals surface area contributed by atoms with Crippen LogP contribution in [0.2, 0.25) is 0 Å². The van der Waals surface area contributed by atoms with Gasteiger partial charge in [-0.25, -0.2) is 9.97 Å². The fourth-order valence-corrected chi connectivity index (χ4v) is 3.60. The van der Waals surface area contributed by atoms with Crippen LogP contribution in [-0.2, 0) is 20.0 Å². The Morgan fingerprint density at radius 3 is 2.62 bits per heavy atom. The van der Waals surface area contributed by atoms with E-state index >= 15 is 0 Å². The molecule has 0 radical (unpaired) electrons. The van der Waals surface area contributed by atoms with Gasteiger partial charge in [-0.3, -0.25) is 4.99 Å². The number of benzene rings is 1. The van der Waals surface area contributed by atoms with Crippen molar-refractivity contribution < 1.29 is 0 Å². The molecule has 0 saturated heterocycles. The molecule has 0 amide bonds. The maximum atomic E-state index is 4.67. The molecule has 2 aromatic heterocycles. The molecule has 0 fully saturated rings. The molecule has 3 aromatic rings. The van der Waals surface area contributed by atoms with Crippen molar-refractivity contribution in [3.8, 4) is 0 Å². The van der Waals surface area contributed by atoms with Crippen LogP contribution < -0.4 is 10.6 Å². The van der Waals surface area contributed by atoms with Crippen LogP contribution >= 0.6 is 35.3 Å². The average molecular weight is 484 g/mol. The highest BCUT2D eigenvalue weighted by molar-refractivity contribution is 14.0. The van der Waals surface area contributed by atoms with Gasteiger partial charge in [-0.2, -0.15) is 0 Å². The SMILES string of the molecule is CN=C(NCCc1nc(C)c(C)s1)NCc1nc2ccccc2n1C.I. The van der Waals surface area contributed by atoms with Gasteiger partial charge in [-0.1, -0.05) is 12.1 Å². The molecular weight excluding hydrogens is 459 g/mol. The summed E-state index contributed by atoms with van der Waals surface area (Å²) in [6.07, 6.45) is 0.895. The number of aliphatic imine (C=N–C) groups is 1. The van der Waals surface area contributed by atoms with E-state index in [2.05, 4.69) is 50.1 Å². The molecule has 0 atom stereocenters. The normalized spacial score (nSPS) is 11.5. The number of nitrogens with one attached hydrogen (secondary N) is 2. The summed E-state index contributed by atoms with van der Waals surface area (Å²) in [5.74, 6) is 1.76. The summed E-state index contributed by atoms with van der Waals surface area (Å²) in [7, 11) is 3.82. The fraction of sp³-hybridized carbons (Fsp3) is 0.389. The van der Waals surface area contributed by atoms with Crippen molar-refractivity contribution in [3.63, 3.8) is 0 Å². The molecule has 0 unspecified atom stereocenters. The quantitative estimate of drug-likeness (QED) is 0.332. The molecule has 0 bridgehead atoms. The molecular formula is C18H25IN6S. The number of nitrogens with zero attached hydrogens (tertiary/aromatic N) is 4. The van der Waals surface area contributed by atoms with Crippen LogP contribution in [0.1, 0.15) is 21.4 Å². The zero-order chi connectivity index (χ0) is 17.8. The summed E-state index contributed by atoms with van der Waals surface area (Å²) >= 11 is 1.76. The molecule has 2 N–H and O–H groups in total.